The summed E-state index contributed by atoms with van der Waals surface area (Å²) in [6.45, 7) is 1.86. The number of hydrogen-bond acceptors (Lipinski definition) is 4. The number of carbonyl (C=O) groups excluding carboxylic acids is 1. The quantitative estimate of drug-likeness (QED) is 0.549. The van der Waals surface area contributed by atoms with E-state index >= 15 is 0 Å². The molecule has 4 N–H and O–H groups in total. The van der Waals surface area contributed by atoms with Crippen LogP contribution in [0.2, 0.25) is 0 Å². The van der Waals surface area contributed by atoms with Crippen molar-refractivity contribution in [1.82, 2.24) is 15.3 Å². The Bertz CT molecular complexity index is 546. The molecule has 0 saturated carbocycles. The minimum atomic E-state index is -1.03. The van der Waals surface area contributed by atoms with Crippen molar-refractivity contribution < 1.29 is 14.7 Å². The van der Waals surface area contributed by atoms with E-state index in [1.54, 1.807) is 0 Å². The predicted octanol–water partition coefficient (Wildman–Crippen LogP) is -0.564. The zero-order chi connectivity index (χ0) is 14.4. The number of carboxylic acids is 1. The van der Waals surface area contributed by atoms with Crippen molar-refractivity contribution in [2.45, 2.75) is 32.2 Å². The monoisotopic (exact) mass is 269 g/mol. The molecule has 19 heavy (non-hydrogen) atoms. The molecular formula is C11H15N3O5. The Balaban J connectivity index is 2.83. The van der Waals surface area contributed by atoms with Crippen LogP contribution >= 0.6 is 0 Å². The second kappa shape index (κ2) is 6.53. The lowest BCUT2D eigenvalue weighted by Gasteiger charge is -2.15. The largest absolute Gasteiger partial charge is 0.481 e. The summed E-state index contributed by atoms with van der Waals surface area (Å²) in [5.41, 5.74) is -1.68. The van der Waals surface area contributed by atoms with Crippen molar-refractivity contribution in [3.63, 3.8) is 0 Å². The Morgan fingerprint density at radius 1 is 1.37 bits per heavy atom. The minimum Gasteiger partial charge on any atom is -0.481 e. The van der Waals surface area contributed by atoms with E-state index in [4.69, 9.17) is 5.11 Å². The zero-order valence-electron chi connectivity index (χ0n) is 10.4. The Hall–Kier alpha value is -2.38. The first-order chi connectivity index (χ1) is 8.92. The first-order valence-electron chi connectivity index (χ1n) is 5.78. The Morgan fingerprint density at radius 2 is 2.05 bits per heavy atom. The number of aromatic amines is 2. The molecule has 0 saturated heterocycles. The van der Waals surface area contributed by atoms with E-state index in [2.05, 4.69) is 10.3 Å². The van der Waals surface area contributed by atoms with E-state index in [-0.39, 0.29) is 12.1 Å². The first-order valence-corrected chi connectivity index (χ1v) is 5.78. The number of nitrogens with one attached hydrogen (secondary N) is 3. The molecule has 0 aliphatic rings. The molecule has 0 radical (unpaired) electrons. The topological polar surface area (TPSA) is 132 Å². The van der Waals surface area contributed by atoms with Crippen LogP contribution in [0.3, 0.4) is 0 Å². The van der Waals surface area contributed by atoms with Crippen molar-refractivity contribution in [3.8, 4) is 0 Å². The lowest BCUT2D eigenvalue weighted by molar-refractivity contribution is -0.137. The molecule has 0 bridgehead atoms. The van der Waals surface area contributed by atoms with Gasteiger partial charge in [0.05, 0.1) is 6.42 Å². The lowest BCUT2D eigenvalue weighted by Crippen LogP contribution is -2.38. The Morgan fingerprint density at radius 3 is 2.58 bits per heavy atom. The van der Waals surface area contributed by atoms with Crippen LogP contribution in [-0.4, -0.2) is 33.0 Å². The number of carbonyl (C=O) groups is 2. The molecule has 1 amide bonds. The van der Waals surface area contributed by atoms with Gasteiger partial charge in [0, 0.05) is 12.1 Å². The van der Waals surface area contributed by atoms with Gasteiger partial charge in [0.25, 0.3) is 11.5 Å². The van der Waals surface area contributed by atoms with Gasteiger partial charge in [-0.15, -0.1) is 0 Å². The van der Waals surface area contributed by atoms with Crippen molar-refractivity contribution >= 4 is 11.9 Å². The average Bonchev–Trinajstić information content (AvgIpc) is 2.26. The fourth-order valence-corrected chi connectivity index (χ4v) is 1.64. The van der Waals surface area contributed by atoms with Gasteiger partial charge in [0.2, 0.25) is 0 Å². The molecule has 104 valence electrons. The standard InChI is InChI=1S/C11H15N3O5/c1-2-3-6(4-9(16)17)12-10(18)7-5-8(15)14-11(19)13-7/h5-6H,2-4H2,1H3,(H,12,18)(H,16,17)(H2,13,14,15,19). The summed E-state index contributed by atoms with van der Waals surface area (Å²) < 4.78 is 0. The Labute approximate surface area is 107 Å². The van der Waals surface area contributed by atoms with Gasteiger partial charge in [-0.3, -0.25) is 19.4 Å². The molecule has 0 aliphatic heterocycles. The maximum atomic E-state index is 11.8. The normalized spacial score (nSPS) is 11.8. The first kappa shape index (κ1) is 14.7. The highest BCUT2D eigenvalue weighted by atomic mass is 16.4. The second-order valence-electron chi connectivity index (χ2n) is 4.06. The fraction of sp³-hybridized carbons (Fsp3) is 0.455. The summed E-state index contributed by atoms with van der Waals surface area (Å²) in [5.74, 6) is -1.71. The summed E-state index contributed by atoms with van der Waals surface area (Å²) in [5, 5.41) is 11.2. The van der Waals surface area contributed by atoms with E-state index in [0.29, 0.717) is 12.8 Å². The number of carboxylic acid groups (broad SMARTS) is 1. The fourth-order valence-electron chi connectivity index (χ4n) is 1.64. The van der Waals surface area contributed by atoms with E-state index in [1.807, 2.05) is 11.9 Å². The van der Waals surface area contributed by atoms with Gasteiger partial charge in [-0.25, -0.2) is 4.79 Å². The molecule has 8 nitrogen and oxygen atoms in total. The number of aliphatic carboxylic acids is 1. The molecule has 1 atom stereocenters. The number of aromatic nitrogens is 2. The molecular weight excluding hydrogens is 254 g/mol. The van der Waals surface area contributed by atoms with Gasteiger partial charge in [-0.2, -0.15) is 0 Å². The van der Waals surface area contributed by atoms with Crippen LogP contribution in [0, 0.1) is 0 Å². The molecule has 1 aromatic rings. The van der Waals surface area contributed by atoms with E-state index in [9.17, 15) is 19.2 Å². The van der Waals surface area contributed by atoms with Crippen molar-refractivity contribution in [1.29, 1.82) is 0 Å². The molecule has 1 heterocycles. The van der Waals surface area contributed by atoms with Gasteiger partial charge in [-0.1, -0.05) is 13.3 Å². The SMILES string of the molecule is CCCC(CC(=O)O)NC(=O)c1cc(=O)[nH]c(=O)[nH]1. The average molecular weight is 269 g/mol. The lowest BCUT2D eigenvalue weighted by atomic mass is 10.1. The number of rotatable bonds is 6. The van der Waals surface area contributed by atoms with Crippen LogP contribution in [0.5, 0.6) is 0 Å². The molecule has 1 rings (SSSR count). The van der Waals surface area contributed by atoms with Crippen LogP contribution < -0.4 is 16.6 Å². The number of H-pyrrole nitrogens is 2. The smallest absolute Gasteiger partial charge is 0.326 e. The van der Waals surface area contributed by atoms with E-state index in [0.717, 1.165) is 6.07 Å². The van der Waals surface area contributed by atoms with Gasteiger partial charge in [0.1, 0.15) is 5.69 Å². The third-order valence-electron chi connectivity index (χ3n) is 2.40. The molecule has 0 spiro atoms. The summed E-state index contributed by atoms with van der Waals surface area (Å²) in [7, 11) is 0. The minimum absolute atomic E-state index is 0.194. The third kappa shape index (κ3) is 4.78. The maximum absolute atomic E-state index is 11.8. The molecule has 8 heteroatoms. The highest BCUT2D eigenvalue weighted by Crippen LogP contribution is 2.03. The van der Waals surface area contributed by atoms with Gasteiger partial charge < -0.3 is 15.4 Å². The predicted molar refractivity (Wildman–Crippen MR) is 66.1 cm³/mol. The molecule has 0 aromatic carbocycles. The molecule has 0 fully saturated rings. The summed E-state index contributed by atoms with van der Waals surface area (Å²) in [4.78, 5) is 48.6. The molecule has 1 aromatic heterocycles. The highest BCUT2D eigenvalue weighted by Gasteiger charge is 2.17. The second-order valence-corrected chi connectivity index (χ2v) is 4.06. The van der Waals surface area contributed by atoms with Crippen LogP contribution in [-0.2, 0) is 4.79 Å². The van der Waals surface area contributed by atoms with Gasteiger partial charge in [-0.05, 0) is 6.42 Å². The molecule has 0 aliphatic carbocycles. The number of hydrogen-bond donors (Lipinski definition) is 4. The van der Waals surface area contributed by atoms with Crippen LogP contribution in [0.25, 0.3) is 0 Å². The van der Waals surface area contributed by atoms with Crippen LogP contribution in [0.1, 0.15) is 36.7 Å². The Kier molecular flexibility index (Phi) is 5.04. The van der Waals surface area contributed by atoms with Gasteiger partial charge >= 0.3 is 11.7 Å². The zero-order valence-corrected chi connectivity index (χ0v) is 10.4. The summed E-state index contributed by atoms with van der Waals surface area (Å²) in [6.07, 6.45) is 0.975. The van der Waals surface area contributed by atoms with E-state index < -0.39 is 29.2 Å². The summed E-state index contributed by atoms with van der Waals surface area (Å²) >= 11 is 0. The number of amides is 1. The van der Waals surface area contributed by atoms with Crippen molar-refractivity contribution in [3.05, 3.63) is 32.6 Å². The maximum Gasteiger partial charge on any atom is 0.326 e. The third-order valence-corrected chi connectivity index (χ3v) is 2.40. The summed E-state index contributed by atoms with van der Waals surface area (Å²) in [6, 6.07) is 0.401. The van der Waals surface area contributed by atoms with Crippen LogP contribution in [0.15, 0.2) is 15.7 Å². The van der Waals surface area contributed by atoms with Crippen molar-refractivity contribution in [2.75, 3.05) is 0 Å². The van der Waals surface area contributed by atoms with E-state index in [1.165, 1.54) is 0 Å². The highest BCUT2D eigenvalue weighted by molar-refractivity contribution is 5.92. The van der Waals surface area contributed by atoms with Crippen molar-refractivity contribution in [2.24, 2.45) is 0 Å². The van der Waals surface area contributed by atoms with Gasteiger partial charge in [0.15, 0.2) is 0 Å². The van der Waals surface area contributed by atoms with Crippen LogP contribution in [0.4, 0.5) is 0 Å². The molecule has 1 unspecified atom stereocenters.